The molecule has 1 saturated heterocycles. The van der Waals surface area contributed by atoms with Crippen molar-refractivity contribution in [1.29, 1.82) is 0 Å². The molecule has 1 atom stereocenters. The third-order valence-electron chi connectivity index (χ3n) is 4.98. The summed E-state index contributed by atoms with van der Waals surface area (Å²) in [5.74, 6) is -1.94. The van der Waals surface area contributed by atoms with Crippen molar-refractivity contribution < 1.29 is 34.5 Å². The average molecular weight is 478 g/mol. The van der Waals surface area contributed by atoms with Gasteiger partial charge in [0.05, 0.1) is 32.8 Å². The van der Waals surface area contributed by atoms with E-state index < -0.39 is 11.9 Å². The zero-order valence-electron chi connectivity index (χ0n) is 18.5. The van der Waals surface area contributed by atoms with Crippen molar-refractivity contribution in [2.24, 2.45) is 0 Å². The molecule has 0 aliphatic carbocycles. The fourth-order valence-corrected chi connectivity index (χ4v) is 3.80. The Morgan fingerprint density at radius 3 is 1.62 bits per heavy atom. The van der Waals surface area contributed by atoms with Crippen LogP contribution in [0.1, 0.15) is 6.92 Å². The van der Waals surface area contributed by atoms with Gasteiger partial charge in [-0.1, -0.05) is 0 Å². The fourth-order valence-electron chi connectivity index (χ4n) is 3.14. The maximum Gasteiger partial charge on any atom is 0.317 e. The highest BCUT2D eigenvalue weighted by Crippen LogP contribution is 2.05. The zero-order chi connectivity index (χ0) is 23.9. The third kappa shape index (κ3) is 13.1. The normalized spacial score (nSPS) is 19.6. The van der Waals surface area contributed by atoms with E-state index in [0.29, 0.717) is 52.4 Å². The fraction of sp³-hybridized carbons (Fsp3) is 0.789. The summed E-state index contributed by atoms with van der Waals surface area (Å²) >= 11 is 0.930. The Balaban J connectivity index is 2.85. The molecule has 1 rings (SSSR count). The van der Waals surface area contributed by atoms with E-state index in [2.05, 4.69) is 4.72 Å². The molecule has 1 aliphatic heterocycles. The molecule has 0 spiro atoms. The third-order valence-corrected chi connectivity index (χ3v) is 5.86. The molecule has 0 bridgehead atoms. The van der Waals surface area contributed by atoms with Crippen LogP contribution in [0.3, 0.4) is 0 Å². The molecule has 1 fully saturated rings. The Kier molecular flexibility index (Phi) is 14.3. The van der Waals surface area contributed by atoms with Crippen LogP contribution in [0.5, 0.6) is 0 Å². The van der Waals surface area contributed by atoms with Crippen LogP contribution in [0.2, 0.25) is 0 Å². The van der Waals surface area contributed by atoms with E-state index in [1.165, 1.54) is 0 Å². The largest absolute Gasteiger partial charge is 0.480 e. The number of carboxylic acids is 2. The molecule has 1 aliphatic rings. The Morgan fingerprint density at radius 1 is 0.844 bits per heavy atom. The van der Waals surface area contributed by atoms with E-state index in [0.717, 1.165) is 18.2 Å². The van der Waals surface area contributed by atoms with Gasteiger partial charge in [0.1, 0.15) is 6.29 Å². The van der Waals surface area contributed by atoms with Gasteiger partial charge in [0.25, 0.3) is 0 Å². The molecule has 0 saturated carbocycles. The summed E-state index contributed by atoms with van der Waals surface area (Å²) in [4.78, 5) is 53.2. The minimum Gasteiger partial charge on any atom is -0.480 e. The van der Waals surface area contributed by atoms with E-state index in [9.17, 15) is 24.3 Å². The molecule has 4 N–H and O–H groups in total. The van der Waals surface area contributed by atoms with Crippen molar-refractivity contribution in [1.82, 2.24) is 24.3 Å². The molecule has 1 unspecified atom stereocenters. The number of carbonyl (C=O) groups is 4. The molecule has 13 heteroatoms. The molecular formula is C19H35N5O7S. The first-order valence-electron chi connectivity index (χ1n) is 10.6. The number of hydrogen-bond donors (Lipinski definition) is 4. The van der Waals surface area contributed by atoms with Gasteiger partial charge < -0.3 is 20.1 Å². The maximum atomic E-state index is 12.4. The van der Waals surface area contributed by atoms with Crippen LogP contribution in [0.15, 0.2) is 0 Å². The van der Waals surface area contributed by atoms with E-state index in [1.807, 2.05) is 9.80 Å². The predicted molar refractivity (Wildman–Crippen MR) is 119 cm³/mol. The molecule has 12 nitrogen and oxygen atoms in total. The molecule has 1 heterocycles. The van der Waals surface area contributed by atoms with E-state index in [1.54, 1.807) is 16.7 Å². The van der Waals surface area contributed by atoms with Crippen LogP contribution in [-0.2, 0) is 19.2 Å². The number of aldehydes is 1. The lowest BCUT2D eigenvalue weighted by Crippen LogP contribution is -2.48. The first-order valence-corrected chi connectivity index (χ1v) is 11.4. The number of aliphatic hydroxyl groups is 1. The predicted octanol–water partition coefficient (Wildman–Crippen LogP) is -2.28. The number of aliphatic carboxylic acids is 2. The highest BCUT2D eigenvalue weighted by Gasteiger charge is 2.20. The molecule has 184 valence electrons. The van der Waals surface area contributed by atoms with Gasteiger partial charge in [0, 0.05) is 58.4 Å². The van der Waals surface area contributed by atoms with Gasteiger partial charge in [-0.25, -0.2) is 0 Å². The number of aliphatic hydroxyl groups excluding tert-OH is 1. The lowest BCUT2D eigenvalue weighted by molar-refractivity contribution is -0.140. The van der Waals surface area contributed by atoms with Crippen LogP contribution in [0, 0.1) is 0 Å². The number of rotatable bonds is 11. The van der Waals surface area contributed by atoms with Crippen LogP contribution in [0.4, 0.5) is 0 Å². The topological polar surface area (TPSA) is 154 Å². The zero-order valence-corrected chi connectivity index (χ0v) is 19.3. The van der Waals surface area contributed by atoms with Crippen molar-refractivity contribution in [2.45, 2.75) is 13.0 Å². The summed E-state index contributed by atoms with van der Waals surface area (Å²) < 4.78 is 2.87. The Morgan fingerprint density at radius 2 is 1.25 bits per heavy atom. The first kappa shape index (κ1) is 28.4. The molecule has 32 heavy (non-hydrogen) atoms. The minimum atomic E-state index is -0.973. The maximum absolute atomic E-state index is 12.4. The first-order chi connectivity index (χ1) is 15.2. The molecule has 0 aromatic rings. The van der Waals surface area contributed by atoms with E-state index >= 15 is 0 Å². The van der Waals surface area contributed by atoms with Gasteiger partial charge in [-0.15, -0.1) is 0 Å². The van der Waals surface area contributed by atoms with Crippen molar-refractivity contribution in [3.05, 3.63) is 0 Å². The Bertz CT molecular complexity index is 613. The molecule has 0 amide bonds. The summed E-state index contributed by atoms with van der Waals surface area (Å²) in [6.45, 7) is 5.20. The second-order valence-corrected chi connectivity index (χ2v) is 8.65. The molecule has 0 aromatic heterocycles. The Labute approximate surface area is 192 Å². The minimum absolute atomic E-state index is 0.0896. The number of carbonyl (C=O) groups excluding carboxylic acids is 2. The lowest BCUT2D eigenvalue weighted by atomic mass is 10.3. The van der Waals surface area contributed by atoms with Gasteiger partial charge in [-0.3, -0.25) is 38.7 Å². The quantitative estimate of drug-likeness (QED) is 0.187. The summed E-state index contributed by atoms with van der Waals surface area (Å²) in [6, 6.07) is -0.224. The van der Waals surface area contributed by atoms with Crippen molar-refractivity contribution in [2.75, 3.05) is 85.1 Å². The van der Waals surface area contributed by atoms with Crippen LogP contribution in [-0.4, -0.2) is 149 Å². The monoisotopic (exact) mass is 477 g/mol. The van der Waals surface area contributed by atoms with E-state index in [4.69, 9.17) is 10.2 Å². The average Bonchev–Trinajstić information content (AvgIpc) is 2.73. The smallest absolute Gasteiger partial charge is 0.317 e. The van der Waals surface area contributed by atoms with Gasteiger partial charge >= 0.3 is 11.9 Å². The van der Waals surface area contributed by atoms with Crippen LogP contribution in [0.25, 0.3) is 0 Å². The summed E-state index contributed by atoms with van der Waals surface area (Å²) in [6.07, 6.45) is 0.799. The van der Waals surface area contributed by atoms with Gasteiger partial charge in [-0.2, -0.15) is 0 Å². The summed E-state index contributed by atoms with van der Waals surface area (Å²) in [5, 5.41) is 27.3. The molecule has 0 radical (unpaired) electrons. The van der Waals surface area contributed by atoms with Crippen molar-refractivity contribution >= 4 is 35.3 Å². The van der Waals surface area contributed by atoms with Crippen LogP contribution >= 0.6 is 11.9 Å². The number of nitrogens with one attached hydrogen (secondary N) is 1. The standard InChI is InChI=1S/C19H35N5O7S/c1-16(15-26)20-32-19(31)14-24-5-3-21(10-11-25)2-4-22(12-17(27)28)6-7-23(8-9-24)13-18(29)30/h11,16,20,26H,2-10,12-15H2,1H3,(H,27,28)(H,29,30). The molecular weight excluding hydrogens is 442 g/mol. The summed E-state index contributed by atoms with van der Waals surface area (Å²) in [5.41, 5.74) is 0. The SMILES string of the molecule is CC(CO)NSC(=O)CN1CCN(CC=O)CCN(CC(=O)O)CCN(CC(=O)O)CC1. The Hall–Kier alpha value is -1.61. The second-order valence-electron chi connectivity index (χ2n) is 7.76. The highest BCUT2D eigenvalue weighted by molar-refractivity contribution is 8.12. The van der Waals surface area contributed by atoms with Crippen molar-refractivity contribution in [3.63, 3.8) is 0 Å². The van der Waals surface area contributed by atoms with Gasteiger partial charge in [-0.05, 0) is 18.9 Å². The number of nitrogens with zero attached hydrogens (tertiary/aromatic N) is 4. The van der Waals surface area contributed by atoms with Crippen LogP contribution < -0.4 is 4.72 Å². The van der Waals surface area contributed by atoms with Crippen molar-refractivity contribution in [3.8, 4) is 0 Å². The molecule has 0 aromatic carbocycles. The highest BCUT2D eigenvalue weighted by atomic mass is 32.2. The number of hydrogen-bond acceptors (Lipinski definition) is 11. The number of carboxylic acid groups (broad SMARTS) is 2. The summed E-state index contributed by atoms with van der Waals surface area (Å²) in [7, 11) is 0. The van der Waals surface area contributed by atoms with E-state index in [-0.39, 0.29) is 43.9 Å². The lowest BCUT2D eigenvalue weighted by Gasteiger charge is -2.32. The second kappa shape index (κ2) is 16.1. The van der Waals surface area contributed by atoms with Gasteiger partial charge in [0.2, 0.25) is 5.12 Å². The van der Waals surface area contributed by atoms with Gasteiger partial charge in [0.15, 0.2) is 0 Å².